The van der Waals surface area contributed by atoms with Gasteiger partial charge in [-0.05, 0) is 19.3 Å². The maximum absolute atomic E-state index is 12.1. The molecule has 1 N–H and O–H groups in total. The van der Waals surface area contributed by atoms with E-state index in [1.807, 2.05) is 0 Å². The maximum atomic E-state index is 12.1. The Balaban J connectivity index is 2.67. The smallest absolute Gasteiger partial charge is 0.389 e. The summed E-state index contributed by atoms with van der Waals surface area (Å²) in [5.41, 5.74) is -1.36. The number of carboxylic acids is 1. The van der Waals surface area contributed by atoms with Crippen molar-refractivity contribution in [2.45, 2.75) is 44.7 Å². The normalized spacial score (nSPS) is 20.8. The summed E-state index contributed by atoms with van der Waals surface area (Å²) in [5.74, 6) is -1.28. The van der Waals surface area contributed by atoms with Crippen molar-refractivity contribution in [3.63, 3.8) is 0 Å². The number of hydrogen-bond donors (Lipinski definition) is 1. The van der Waals surface area contributed by atoms with Crippen molar-refractivity contribution in [1.82, 2.24) is 0 Å². The Kier molecular flexibility index (Phi) is 3.60. The first-order valence-electron chi connectivity index (χ1n) is 5.07. The number of halogens is 3. The molecule has 0 heterocycles. The van der Waals surface area contributed by atoms with E-state index in [0.717, 1.165) is 0 Å². The van der Waals surface area contributed by atoms with E-state index >= 15 is 0 Å². The first kappa shape index (κ1) is 13.0. The first-order chi connectivity index (χ1) is 7.25. The Morgan fingerprint density at radius 2 is 1.81 bits per heavy atom. The zero-order valence-corrected chi connectivity index (χ0v) is 8.64. The van der Waals surface area contributed by atoms with E-state index in [1.54, 1.807) is 0 Å². The molecule has 3 nitrogen and oxygen atoms in total. The average molecular weight is 238 g/mol. The van der Waals surface area contributed by atoms with Crippen LogP contribution in [0.5, 0.6) is 0 Å². The number of aliphatic carboxylic acids is 1. The third-order valence-corrected chi connectivity index (χ3v) is 3.11. The Morgan fingerprint density at radius 1 is 1.31 bits per heavy atom. The molecule has 0 atom stereocenters. The van der Waals surface area contributed by atoms with Gasteiger partial charge in [-0.3, -0.25) is 9.59 Å². The van der Waals surface area contributed by atoms with E-state index in [1.165, 1.54) is 0 Å². The number of hydrogen-bond acceptors (Lipinski definition) is 2. The molecule has 6 heteroatoms. The molecule has 1 saturated carbocycles. The number of Topliss-reactive ketones (excluding diaryl/α,β-unsaturated/α-hetero) is 1. The van der Waals surface area contributed by atoms with Crippen LogP contribution in [0.4, 0.5) is 13.2 Å². The first-order valence-corrected chi connectivity index (χ1v) is 5.07. The highest BCUT2D eigenvalue weighted by Crippen LogP contribution is 2.41. The van der Waals surface area contributed by atoms with Crippen molar-refractivity contribution >= 4 is 11.8 Å². The molecular formula is C10H13F3O3. The molecule has 1 aliphatic carbocycles. The van der Waals surface area contributed by atoms with Gasteiger partial charge in [0.1, 0.15) is 5.78 Å². The number of alkyl halides is 3. The van der Waals surface area contributed by atoms with Crippen LogP contribution in [-0.4, -0.2) is 23.0 Å². The Morgan fingerprint density at radius 3 is 2.19 bits per heavy atom. The molecule has 1 rings (SSSR count). The molecule has 1 aliphatic rings. The van der Waals surface area contributed by atoms with E-state index in [4.69, 9.17) is 5.11 Å². The van der Waals surface area contributed by atoms with Gasteiger partial charge in [0.05, 0.1) is 5.41 Å². The summed E-state index contributed by atoms with van der Waals surface area (Å²) < 4.78 is 36.2. The standard InChI is InChI=1S/C10H13F3O3/c11-10(12,13)6-5-9(8(15)16)3-1-7(14)2-4-9/h1-6H2,(H,15,16). The minimum Gasteiger partial charge on any atom is -0.481 e. The summed E-state index contributed by atoms with van der Waals surface area (Å²) in [5, 5.41) is 8.99. The van der Waals surface area contributed by atoms with Gasteiger partial charge in [0.25, 0.3) is 0 Å². The van der Waals surface area contributed by atoms with Crippen molar-refractivity contribution in [2.75, 3.05) is 0 Å². The Labute approximate surface area is 90.6 Å². The quantitative estimate of drug-likeness (QED) is 0.822. The van der Waals surface area contributed by atoms with Crippen LogP contribution < -0.4 is 0 Å². The third-order valence-electron chi connectivity index (χ3n) is 3.11. The van der Waals surface area contributed by atoms with Gasteiger partial charge in [0, 0.05) is 19.3 Å². The maximum Gasteiger partial charge on any atom is 0.389 e. The van der Waals surface area contributed by atoms with E-state index < -0.39 is 30.4 Å². The molecule has 16 heavy (non-hydrogen) atoms. The highest BCUT2D eigenvalue weighted by Gasteiger charge is 2.44. The van der Waals surface area contributed by atoms with Crippen molar-refractivity contribution in [3.05, 3.63) is 0 Å². The summed E-state index contributed by atoms with van der Waals surface area (Å²) in [6.07, 6.45) is -5.68. The SMILES string of the molecule is O=C1CCC(CCC(F)(F)F)(C(=O)O)CC1. The Bertz CT molecular complexity index is 286. The molecular weight excluding hydrogens is 225 g/mol. The van der Waals surface area contributed by atoms with Crippen LogP contribution >= 0.6 is 0 Å². The highest BCUT2D eigenvalue weighted by molar-refractivity contribution is 5.83. The second kappa shape index (κ2) is 4.43. The van der Waals surface area contributed by atoms with Crippen LogP contribution in [0, 0.1) is 5.41 Å². The fraction of sp³-hybridized carbons (Fsp3) is 0.800. The van der Waals surface area contributed by atoms with Gasteiger partial charge in [-0.25, -0.2) is 0 Å². The zero-order valence-electron chi connectivity index (χ0n) is 8.64. The summed E-state index contributed by atoms with van der Waals surface area (Å²) in [7, 11) is 0. The van der Waals surface area contributed by atoms with E-state index in [0.29, 0.717) is 0 Å². The second-order valence-electron chi connectivity index (χ2n) is 4.24. The molecule has 0 spiro atoms. The van der Waals surface area contributed by atoms with Crippen LogP contribution in [0.15, 0.2) is 0 Å². The molecule has 0 aromatic carbocycles. The number of carboxylic acid groups (broad SMARTS) is 1. The fourth-order valence-electron chi connectivity index (χ4n) is 1.96. The molecule has 0 bridgehead atoms. The topological polar surface area (TPSA) is 54.4 Å². The molecule has 0 radical (unpaired) electrons. The molecule has 0 aromatic rings. The van der Waals surface area contributed by atoms with Gasteiger partial charge >= 0.3 is 12.1 Å². The molecule has 92 valence electrons. The lowest BCUT2D eigenvalue weighted by Crippen LogP contribution is -2.36. The monoisotopic (exact) mass is 238 g/mol. The molecule has 0 aliphatic heterocycles. The highest BCUT2D eigenvalue weighted by atomic mass is 19.4. The van der Waals surface area contributed by atoms with Crippen LogP contribution in [0.25, 0.3) is 0 Å². The Hall–Kier alpha value is -1.07. The van der Waals surface area contributed by atoms with Crippen molar-refractivity contribution in [1.29, 1.82) is 0 Å². The van der Waals surface area contributed by atoms with Crippen LogP contribution in [0.2, 0.25) is 0 Å². The summed E-state index contributed by atoms with van der Waals surface area (Å²) in [6.45, 7) is 0. The van der Waals surface area contributed by atoms with E-state index in [9.17, 15) is 22.8 Å². The lowest BCUT2D eigenvalue weighted by Gasteiger charge is -2.32. The average Bonchev–Trinajstić information content (AvgIpc) is 2.16. The van der Waals surface area contributed by atoms with Crippen LogP contribution in [-0.2, 0) is 9.59 Å². The number of carbonyl (C=O) groups is 2. The summed E-state index contributed by atoms with van der Waals surface area (Å²) in [6, 6.07) is 0. The van der Waals surface area contributed by atoms with Gasteiger partial charge in [0.15, 0.2) is 0 Å². The van der Waals surface area contributed by atoms with E-state index in [2.05, 4.69) is 0 Å². The largest absolute Gasteiger partial charge is 0.481 e. The molecule has 0 aromatic heterocycles. The van der Waals surface area contributed by atoms with Gasteiger partial charge in [0.2, 0.25) is 0 Å². The molecule has 0 unspecified atom stereocenters. The van der Waals surface area contributed by atoms with Crippen molar-refractivity contribution < 1.29 is 27.9 Å². The second-order valence-corrected chi connectivity index (χ2v) is 4.24. The molecule has 0 amide bonds. The summed E-state index contributed by atoms with van der Waals surface area (Å²) in [4.78, 5) is 22.0. The number of carbonyl (C=O) groups excluding carboxylic acids is 1. The predicted octanol–water partition coefficient (Wildman–Crippen LogP) is 2.54. The zero-order chi connectivity index (χ0) is 12.4. The summed E-state index contributed by atoms with van der Waals surface area (Å²) >= 11 is 0. The lowest BCUT2D eigenvalue weighted by molar-refractivity contribution is -0.161. The minimum absolute atomic E-state index is 0.0250. The van der Waals surface area contributed by atoms with Crippen LogP contribution in [0.1, 0.15) is 38.5 Å². The lowest BCUT2D eigenvalue weighted by atomic mass is 9.71. The van der Waals surface area contributed by atoms with Gasteiger partial charge < -0.3 is 5.11 Å². The molecule has 1 fully saturated rings. The molecule has 0 saturated heterocycles. The number of rotatable bonds is 3. The predicted molar refractivity (Wildman–Crippen MR) is 48.8 cm³/mol. The van der Waals surface area contributed by atoms with Gasteiger partial charge in [-0.15, -0.1) is 0 Å². The third kappa shape index (κ3) is 3.21. The van der Waals surface area contributed by atoms with Crippen LogP contribution in [0.3, 0.4) is 0 Å². The van der Waals surface area contributed by atoms with Crippen molar-refractivity contribution in [3.8, 4) is 0 Å². The van der Waals surface area contributed by atoms with E-state index in [-0.39, 0.29) is 31.5 Å². The van der Waals surface area contributed by atoms with Gasteiger partial charge in [-0.1, -0.05) is 0 Å². The van der Waals surface area contributed by atoms with Gasteiger partial charge in [-0.2, -0.15) is 13.2 Å². The number of ketones is 1. The fourth-order valence-corrected chi connectivity index (χ4v) is 1.96. The minimum atomic E-state index is -4.34. The van der Waals surface area contributed by atoms with Crippen molar-refractivity contribution in [2.24, 2.45) is 5.41 Å².